The lowest BCUT2D eigenvalue weighted by Gasteiger charge is -2.08. The van der Waals surface area contributed by atoms with E-state index < -0.39 is 0 Å². The Morgan fingerprint density at radius 3 is 2.48 bits per heavy atom. The van der Waals surface area contributed by atoms with Gasteiger partial charge in [-0.3, -0.25) is 9.89 Å². The summed E-state index contributed by atoms with van der Waals surface area (Å²) in [4.78, 5) is 12.1. The quantitative estimate of drug-likeness (QED) is 0.554. The van der Waals surface area contributed by atoms with Gasteiger partial charge in [-0.1, -0.05) is 23.7 Å². The summed E-state index contributed by atoms with van der Waals surface area (Å²) in [6.45, 7) is -0.157. The molecular formula is C21H22ClN3O4. The van der Waals surface area contributed by atoms with Gasteiger partial charge in [-0.2, -0.15) is 5.10 Å². The number of anilines is 1. The van der Waals surface area contributed by atoms with Gasteiger partial charge in [0.25, 0.3) is 5.91 Å². The van der Waals surface area contributed by atoms with Crippen molar-refractivity contribution >= 4 is 23.3 Å². The Morgan fingerprint density at radius 1 is 1.07 bits per heavy atom. The van der Waals surface area contributed by atoms with Gasteiger partial charge < -0.3 is 19.5 Å². The molecule has 0 atom stereocenters. The second-order valence-corrected chi connectivity index (χ2v) is 6.67. The van der Waals surface area contributed by atoms with Crippen molar-refractivity contribution in [3.05, 3.63) is 64.8 Å². The molecule has 0 aliphatic carbocycles. The number of hydrogen-bond donors (Lipinski definition) is 2. The lowest BCUT2D eigenvalue weighted by Crippen LogP contribution is -2.20. The number of ether oxygens (including phenoxy) is 3. The zero-order valence-corrected chi connectivity index (χ0v) is 17.0. The lowest BCUT2D eigenvalue weighted by molar-refractivity contribution is -0.118. The van der Waals surface area contributed by atoms with Crippen LogP contribution in [0, 0.1) is 0 Å². The Balaban J connectivity index is 1.51. The predicted molar refractivity (Wildman–Crippen MR) is 111 cm³/mol. The molecule has 152 valence electrons. The molecule has 3 rings (SSSR count). The Labute approximate surface area is 173 Å². The summed E-state index contributed by atoms with van der Waals surface area (Å²) in [5.74, 6) is 2.07. The van der Waals surface area contributed by atoms with Crippen LogP contribution in [0.1, 0.15) is 11.3 Å². The van der Waals surface area contributed by atoms with Crippen molar-refractivity contribution in [2.75, 3.05) is 26.1 Å². The number of nitrogens with zero attached hydrogens (tertiary/aromatic N) is 1. The first kappa shape index (κ1) is 20.5. The van der Waals surface area contributed by atoms with Gasteiger partial charge in [-0.15, -0.1) is 0 Å². The smallest absolute Gasteiger partial charge is 0.263 e. The second kappa shape index (κ2) is 9.84. The predicted octanol–water partition coefficient (Wildman–Crippen LogP) is 3.88. The molecule has 0 aliphatic rings. The Bertz CT molecular complexity index is 952. The number of aromatic nitrogens is 2. The van der Waals surface area contributed by atoms with E-state index in [0.717, 1.165) is 35.6 Å². The molecule has 7 nitrogen and oxygen atoms in total. The van der Waals surface area contributed by atoms with E-state index in [0.29, 0.717) is 16.6 Å². The number of nitrogens with one attached hydrogen (secondary N) is 2. The number of amides is 1. The highest BCUT2D eigenvalue weighted by atomic mass is 35.5. The SMILES string of the molecule is COc1cc(CCc2cc(NC(=O)COc3ccccc3Cl)n[nH]2)cc(OC)c1. The molecule has 3 aromatic rings. The monoisotopic (exact) mass is 415 g/mol. The maximum Gasteiger partial charge on any atom is 0.263 e. The minimum atomic E-state index is -0.319. The molecule has 1 amide bonds. The number of para-hydroxylation sites is 1. The molecule has 1 heterocycles. The molecule has 0 aliphatic heterocycles. The highest BCUT2D eigenvalue weighted by Gasteiger charge is 2.09. The van der Waals surface area contributed by atoms with E-state index >= 15 is 0 Å². The molecule has 0 bridgehead atoms. The molecular weight excluding hydrogens is 394 g/mol. The highest BCUT2D eigenvalue weighted by Crippen LogP contribution is 2.24. The summed E-state index contributed by atoms with van der Waals surface area (Å²) >= 11 is 6.00. The van der Waals surface area contributed by atoms with Gasteiger partial charge >= 0.3 is 0 Å². The van der Waals surface area contributed by atoms with Gasteiger partial charge in [0.1, 0.15) is 17.2 Å². The number of aryl methyl sites for hydroxylation is 2. The van der Waals surface area contributed by atoms with Crippen LogP contribution in [0.4, 0.5) is 5.82 Å². The average Bonchev–Trinajstić information content (AvgIpc) is 3.18. The molecule has 0 spiro atoms. The first-order chi connectivity index (χ1) is 14.1. The van der Waals surface area contributed by atoms with E-state index in [9.17, 15) is 4.79 Å². The number of hydrogen-bond acceptors (Lipinski definition) is 5. The van der Waals surface area contributed by atoms with Crippen LogP contribution in [0.15, 0.2) is 48.5 Å². The molecule has 0 saturated carbocycles. The standard InChI is InChI=1S/C21H22ClN3O4/c1-27-16-9-14(10-17(12-16)28-2)7-8-15-11-20(25-24-15)23-21(26)13-29-19-6-4-3-5-18(19)22/h3-6,9-12H,7-8,13H2,1-2H3,(H2,23,24,25,26). The van der Waals surface area contributed by atoms with E-state index in [-0.39, 0.29) is 12.5 Å². The fourth-order valence-electron chi connectivity index (χ4n) is 2.73. The molecule has 0 fully saturated rings. The molecule has 0 saturated heterocycles. The van der Waals surface area contributed by atoms with Gasteiger partial charge in [0.2, 0.25) is 0 Å². The summed E-state index contributed by atoms with van der Waals surface area (Å²) in [6.07, 6.45) is 1.48. The van der Waals surface area contributed by atoms with Crippen molar-refractivity contribution in [1.82, 2.24) is 10.2 Å². The molecule has 0 radical (unpaired) electrons. The van der Waals surface area contributed by atoms with Crippen LogP contribution in [-0.4, -0.2) is 36.9 Å². The summed E-state index contributed by atoms with van der Waals surface area (Å²) in [7, 11) is 3.25. The maximum atomic E-state index is 12.1. The zero-order chi connectivity index (χ0) is 20.6. The van der Waals surface area contributed by atoms with Crippen molar-refractivity contribution in [1.29, 1.82) is 0 Å². The van der Waals surface area contributed by atoms with Crippen LogP contribution in [0.25, 0.3) is 0 Å². The number of carbonyl (C=O) groups excluding carboxylic acids is 1. The molecule has 1 aromatic heterocycles. The van der Waals surface area contributed by atoms with E-state index in [1.54, 1.807) is 44.6 Å². The third kappa shape index (κ3) is 5.89. The number of halogens is 1. The van der Waals surface area contributed by atoms with E-state index in [1.165, 1.54) is 0 Å². The van der Waals surface area contributed by atoms with Crippen molar-refractivity contribution in [3.63, 3.8) is 0 Å². The first-order valence-electron chi connectivity index (χ1n) is 9.01. The van der Waals surface area contributed by atoms with Gasteiger partial charge in [-0.05, 0) is 42.7 Å². The molecule has 2 aromatic carbocycles. The summed E-state index contributed by atoms with van der Waals surface area (Å²) in [5.41, 5.74) is 1.98. The number of carbonyl (C=O) groups is 1. The van der Waals surface area contributed by atoms with Crippen molar-refractivity contribution in [2.45, 2.75) is 12.8 Å². The zero-order valence-electron chi connectivity index (χ0n) is 16.2. The molecule has 8 heteroatoms. The normalized spacial score (nSPS) is 10.4. The van der Waals surface area contributed by atoms with Crippen molar-refractivity contribution < 1.29 is 19.0 Å². The molecule has 0 unspecified atom stereocenters. The third-order valence-electron chi connectivity index (χ3n) is 4.19. The lowest BCUT2D eigenvalue weighted by atomic mass is 10.1. The second-order valence-electron chi connectivity index (χ2n) is 6.27. The summed E-state index contributed by atoms with van der Waals surface area (Å²) < 4.78 is 16.0. The topological polar surface area (TPSA) is 85.5 Å². The third-order valence-corrected chi connectivity index (χ3v) is 4.50. The number of aromatic amines is 1. The fourth-order valence-corrected chi connectivity index (χ4v) is 2.92. The number of H-pyrrole nitrogens is 1. The Hall–Kier alpha value is -3.19. The fraction of sp³-hybridized carbons (Fsp3) is 0.238. The first-order valence-corrected chi connectivity index (χ1v) is 9.38. The Morgan fingerprint density at radius 2 is 1.79 bits per heavy atom. The van der Waals surface area contributed by atoms with E-state index in [1.807, 2.05) is 18.2 Å². The van der Waals surface area contributed by atoms with Gasteiger partial charge in [-0.25, -0.2) is 0 Å². The number of methoxy groups -OCH3 is 2. The average molecular weight is 416 g/mol. The van der Waals surface area contributed by atoms with Crippen molar-refractivity contribution in [2.24, 2.45) is 0 Å². The largest absolute Gasteiger partial charge is 0.497 e. The van der Waals surface area contributed by atoms with E-state index in [2.05, 4.69) is 15.5 Å². The van der Waals surface area contributed by atoms with Crippen LogP contribution in [0.2, 0.25) is 5.02 Å². The van der Waals surface area contributed by atoms with Crippen LogP contribution < -0.4 is 19.5 Å². The Kier molecular flexibility index (Phi) is 6.97. The van der Waals surface area contributed by atoms with E-state index in [4.69, 9.17) is 25.8 Å². The number of benzene rings is 2. The van der Waals surface area contributed by atoms with Crippen LogP contribution in [0.5, 0.6) is 17.2 Å². The van der Waals surface area contributed by atoms with Gasteiger partial charge in [0, 0.05) is 17.8 Å². The van der Waals surface area contributed by atoms with Crippen LogP contribution in [0.3, 0.4) is 0 Å². The van der Waals surface area contributed by atoms with Gasteiger partial charge in [0.05, 0.1) is 19.2 Å². The maximum absolute atomic E-state index is 12.1. The summed E-state index contributed by atoms with van der Waals surface area (Å²) in [5, 5.41) is 10.2. The van der Waals surface area contributed by atoms with Crippen LogP contribution in [-0.2, 0) is 17.6 Å². The number of rotatable bonds is 9. The van der Waals surface area contributed by atoms with Crippen molar-refractivity contribution in [3.8, 4) is 17.2 Å². The van der Waals surface area contributed by atoms with Crippen LogP contribution >= 0.6 is 11.6 Å². The minimum Gasteiger partial charge on any atom is -0.497 e. The minimum absolute atomic E-state index is 0.157. The molecule has 2 N–H and O–H groups in total. The van der Waals surface area contributed by atoms with Gasteiger partial charge in [0.15, 0.2) is 12.4 Å². The molecule has 29 heavy (non-hydrogen) atoms. The summed E-state index contributed by atoms with van der Waals surface area (Å²) in [6, 6.07) is 14.5. The highest BCUT2D eigenvalue weighted by molar-refractivity contribution is 6.32.